The standard InChI is InChI=1S/C21H18FN5O4S/c1-2-30-19-9-8-17(12-18(19)22)32(28,29)26-15-4-6-16(7-5-15)31-21-13-20(23-14-24-21)27-11-3-10-25-27/h3-14,26H,2H2,1H3. The third-order valence-electron chi connectivity index (χ3n) is 4.21. The van der Waals surface area contributed by atoms with Crippen molar-refractivity contribution < 1.29 is 22.3 Å². The molecule has 0 radical (unpaired) electrons. The zero-order valence-electron chi connectivity index (χ0n) is 16.8. The van der Waals surface area contributed by atoms with Crippen LogP contribution in [0.5, 0.6) is 17.4 Å². The van der Waals surface area contributed by atoms with Gasteiger partial charge in [0.2, 0.25) is 5.88 Å². The summed E-state index contributed by atoms with van der Waals surface area (Å²) in [6.45, 7) is 1.98. The number of nitrogens with one attached hydrogen (secondary N) is 1. The van der Waals surface area contributed by atoms with E-state index < -0.39 is 15.8 Å². The van der Waals surface area contributed by atoms with Crippen LogP contribution in [0, 0.1) is 5.82 Å². The van der Waals surface area contributed by atoms with Crippen molar-refractivity contribution in [2.45, 2.75) is 11.8 Å². The number of hydrogen-bond donors (Lipinski definition) is 1. The first-order valence-corrected chi connectivity index (χ1v) is 11.0. The SMILES string of the molecule is CCOc1ccc(S(=O)(=O)Nc2ccc(Oc3cc(-n4cccn4)ncn3)cc2)cc1F. The summed E-state index contributed by atoms with van der Waals surface area (Å²) in [5, 5.41) is 4.10. The summed E-state index contributed by atoms with van der Waals surface area (Å²) in [6.07, 6.45) is 4.72. The van der Waals surface area contributed by atoms with E-state index in [-0.39, 0.29) is 22.9 Å². The Balaban J connectivity index is 1.46. The van der Waals surface area contributed by atoms with Crippen LogP contribution in [0.3, 0.4) is 0 Å². The molecular weight excluding hydrogens is 437 g/mol. The average molecular weight is 455 g/mol. The summed E-state index contributed by atoms with van der Waals surface area (Å²) >= 11 is 0. The van der Waals surface area contributed by atoms with Crippen LogP contribution in [0.4, 0.5) is 10.1 Å². The van der Waals surface area contributed by atoms with Gasteiger partial charge in [-0.15, -0.1) is 0 Å². The Morgan fingerprint density at radius 2 is 1.91 bits per heavy atom. The molecule has 0 amide bonds. The van der Waals surface area contributed by atoms with E-state index in [0.717, 1.165) is 6.07 Å². The van der Waals surface area contributed by atoms with Crippen LogP contribution >= 0.6 is 0 Å². The minimum atomic E-state index is -3.99. The highest BCUT2D eigenvalue weighted by Gasteiger charge is 2.17. The molecule has 0 spiro atoms. The highest BCUT2D eigenvalue weighted by molar-refractivity contribution is 7.92. The van der Waals surface area contributed by atoms with Crippen molar-refractivity contribution in [3.63, 3.8) is 0 Å². The predicted octanol–water partition coefficient (Wildman–Crippen LogP) is 3.79. The Hall–Kier alpha value is -3.99. The van der Waals surface area contributed by atoms with Crippen LogP contribution in [0.2, 0.25) is 0 Å². The van der Waals surface area contributed by atoms with E-state index >= 15 is 0 Å². The molecule has 164 valence electrons. The quantitative estimate of drug-likeness (QED) is 0.431. The van der Waals surface area contributed by atoms with Gasteiger partial charge in [0.25, 0.3) is 10.0 Å². The second-order valence-corrected chi connectivity index (χ2v) is 8.10. The van der Waals surface area contributed by atoms with Gasteiger partial charge in [-0.25, -0.2) is 27.5 Å². The van der Waals surface area contributed by atoms with Crippen LogP contribution in [-0.2, 0) is 10.0 Å². The van der Waals surface area contributed by atoms with Gasteiger partial charge in [-0.2, -0.15) is 5.10 Å². The van der Waals surface area contributed by atoms with Gasteiger partial charge < -0.3 is 9.47 Å². The van der Waals surface area contributed by atoms with Crippen molar-refractivity contribution in [2.75, 3.05) is 11.3 Å². The minimum absolute atomic E-state index is 0.00612. The van der Waals surface area contributed by atoms with Gasteiger partial charge in [0.15, 0.2) is 17.4 Å². The number of anilines is 1. The van der Waals surface area contributed by atoms with Gasteiger partial charge in [0.05, 0.1) is 11.5 Å². The van der Waals surface area contributed by atoms with Crippen LogP contribution in [0.25, 0.3) is 5.82 Å². The van der Waals surface area contributed by atoms with Crippen LogP contribution in [-0.4, -0.2) is 34.8 Å². The fraction of sp³-hybridized carbons (Fsp3) is 0.0952. The van der Waals surface area contributed by atoms with Crippen molar-refractivity contribution in [3.8, 4) is 23.2 Å². The maximum absolute atomic E-state index is 14.0. The number of nitrogens with zero attached hydrogens (tertiary/aromatic N) is 4. The normalized spacial score (nSPS) is 11.2. The first-order valence-electron chi connectivity index (χ1n) is 9.50. The Kier molecular flexibility index (Phi) is 5.99. The van der Waals surface area contributed by atoms with Crippen molar-refractivity contribution in [2.24, 2.45) is 0 Å². The molecule has 0 saturated carbocycles. The van der Waals surface area contributed by atoms with Gasteiger partial charge in [-0.05, 0) is 55.5 Å². The molecule has 0 bridgehead atoms. The molecule has 4 rings (SSSR count). The van der Waals surface area contributed by atoms with E-state index in [4.69, 9.17) is 9.47 Å². The zero-order valence-corrected chi connectivity index (χ0v) is 17.7. The molecule has 11 heteroatoms. The summed E-state index contributed by atoms with van der Waals surface area (Å²) < 4.78 is 54.0. The number of benzene rings is 2. The number of rotatable bonds is 8. The molecule has 1 N–H and O–H groups in total. The number of aromatic nitrogens is 4. The third-order valence-corrected chi connectivity index (χ3v) is 5.59. The smallest absolute Gasteiger partial charge is 0.262 e. The fourth-order valence-electron chi connectivity index (χ4n) is 2.76. The van der Waals surface area contributed by atoms with Crippen molar-refractivity contribution in [3.05, 3.63) is 79.1 Å². The molecule has 0 aliphatic rings. The fourth-order valence-corrected chi connectivity index (χ4v) is 3.83. The lowest BCUT2D eigenvalue weighted by Gasteiger charge is -2.11. The van der Waals surface area contributed by atoms with Crippen LogP contribution in [0.1, 0.15) is 6.92 Å². The Morgan fingerprint density at radius 1 is 1.09 bits per heavy atom. The van der Waals surface area contributed by atoms with Gasteiger partial charge in [0.1, 0.15) is 12.1 Å². The Bertz CT molecular complexity index is 1310. The van der Waals surface area contributed by atoms with Crippen LogP contribution in [0.15, 0.2) is 78.2 Å². The second kappa shape index (κ2) is 9.02. The molecule has 32 heavy (non-hydrogen) atoms. The van der Waals surface area contributed by atoms with Gasteiger partial charge in [0, 0.05) is 24.1 Å². The summed E-state index contributed by atoms with van der Waals surface area (Å²) in [5.74, 6) is 0.507. The van der Waals surface area contributed by atoms with Crippen molar-refractivity contribution in [1.29, 1.82) is 0 Å². The second-order valence-electron chi connectivity index (χ2n) is 6.42. The highest BCUT2D eigenvalue weighted by atomic mass is 32.2. The lowest BCUT2D eigenvalue weighted by Crippen LogP contribution is -2.13. The molecule has 0 saturated heterocycles. The highest BCUT2D eigenvalue weighted by Crippen LogP contribution is 2.25. The zero-order chi connectivity index (χ0) is 22.6. The molecule has 0 aliphatic heterocycles. The third kappa shape index (κ3) is 4.83. The molecule has 0 aliphatic carbocycles. The van der Waals surface area contributed by atoms with Crippen molar-refractivity contribution >= 4 is 15.7 Å². The molecular formula is C21H18FN5O4S. The topological polar surface area (TPSA) is 108 Å². The molecule has 2 aromatic carbocycles. The lowest BCUT2D eigenvalue weighted by atomic mass is 10.3. The number of sulfonamides is 1. The van der Waals surface area contributed by atoms with E-state index in [9.17, 15) is 12.8 Å². The molecule has 0 fully saturated rings. The first-order chi connectivity index (χ1) is 15.4. The van der Waals surface area contributed by atoms with Gasteiger partial charge >= 0.3 is 0 Å². The van der Waals surface area contributed by atoms with E-state index in [1.54, 1.807) is 48.3 Å². The number of ether oxygens (including phenoxy) is 2. The minimum Gasteiger partial charge on any atom is -0.491 e. The molecule has 4 aromatic rings. The number of hydrogen-bond acceptors (Lipinski definition) is 7. The van der Waals surface area contributed by atoms with E-state index in [1.807, 2.05) is 0 Å². The first kappa shape index (κ1) is 21.2. The average Bonchev–Trinajstić information content (AvgIpc) is 3.32. The maximum atomic E-state index is 14.0. The lowest BCUT2D eigenvalue weighted by molar-refractivity contribution is 0.321. The molecule has 0 atom stereocenters. The van der Waals surface area contributed by atoms with E-state index in [1.165, 1.54) is 30.6 Å². The maximum Gasteiger partial charge on any atom is 0.262 e. The summed E-state index contributed by atoms with van der Waals surface area (Å²) in [7, 11) is -3.99. The summed E-state index contributed by atoms with van der Waals surface area (Å²) in [6, 6.07) is 13.1. The molecule has 2 aromatic heterocycles. The van der Waals surface area contributed by atoms with Crippen molar-refractivity contribution in [1.82, 2.24) is 19.7 Å². The Morgan fingerprint density at radius 3 is 2.59 bits per heavy atom. The predicted molar refractivity (Wildman–Crippen MR) is 114 cm³/mol. The summed E-state index contributed by atoms with van der Waals surface area (Å²) in [4.78, 5) is 7.97. The van der Waals surface area contributed by atoms with Gasteiger partial charge in [-0.3, -0.25) is 4.72 Å². The van der Waals surface area contributed by atoms with E-state index in [0.29, 0.717) is 17.4 Å². The summed E-state index contributed by atoms with van der Waals surface area (Å²) in [5.41, 5.74) is 0.284. The monoisotopic (exact) mass is 455 g/mol. The molecule has 2 heterocycles. The van der Waals surface area contributed by atoms with E-state index in [2.05, 4.69) is 19.8 Å². The number of halogens is 1. The Labute approximate surface area is 183 Å². The molecule has 0 unspecified atom stereocenters. The molecule has 9 nitrogen and oxygen atoms in total. The largest absolute Gasteiger partial charge is 0.491 e. The van der Waals surface area contributed by atoms with Crippen LogP contribution < -0.4 is 14.2 Å². The van der Waals surface area contributed by atoms with Gasteiger partial charge in [-0.1, -0.05) is 0 Å².